The fourth-order valence-corrected chi connectivity index (χ4v) is 2.22. The predicted octanol–water partition coefficient (Wildman–Crippen LogP) is 3.23. The number of carboxylic acid groups (broad SMARTS) is 1. The van der Waals surface area contributed by atoms with Gasteiger partial charge in [0, 0.05) is 6.08 Å². The van der Waals surface area contributed by atoms with E-state index in [1.165, 1.54) is 12.5 Å². The summed E-state index contributed by atoms with van der Waals surface area (Å²) in [4.78, 5) is 10.5. The Bertz CT molecular complexity index is 228. The topological polar surface area (TPSA) is 37.3 Å². The summed E-state index contributed by atoms with van der Waals surface area (Å²) in [5.74, 6) is 0.733. The first-order valence-corrected chi connectivity index (χ1v) is 5.52. The van der Waals surface area contributed by atoms with E-state index in [1.807, 2.05) is 0 Å². The second kappa shape index (κ2) is 5.18. The Labute approximate surface area is 86.0 Å². The molecule has 14 heavy (non-hydrogen) atoms. The van der Waals surface area contributed by atoms with E-state index in [0.29, 0.717) is 0 Å². The van der Waals surface area contributed by atoms with Crippen molar-refractivity contribution in [3.63, 3.8) is 0 Å². The number of carbonyl (C=O) groups is 1. The SMILES string of the molecule is CC(C)C1CCCC(=CC(=O)O)CC1. The Morgan fingerprint density at radius 2 is 2.14 bits per heavy atom. The van der Waals surface area contributed by atoms with E-state index in [1.54, 1.807) is 0 Å². The molecule has 1 N–H and O–H groups in total. The van der Waals surface area contributed by atoms with Gasteiger partial charge < -0.3 is 5.11 Å². The van der Waals surface area contributed by atoms with Crippen LogP contribution in [0.5, 0.6) is 0 Å². The summed E-state index contributed by atoms with van der Waals surface area (Å²) in [5.41, 5.74) is 1.13. The normalized spacial score (nSPS) is 26.5. The smallest absolute Gasteiger partial charge is 0.328 e. The number of rotatable bonds is 2. The number of aliphatic carboxylic acids is 1. The van der Waals surface area contributed by atoms with E-state index in [2.05, 4.69) is 13.8 Å². The van der Waals surface area contributed by atoms with Crippen LogP contribution in [0.2, 0.25) is 0 Å². The van der Waals surface area contributed by atoms with Gasteiger partial charge in [0.2, 0.25) is 0 Å². The van der Waals surface area contributed by atoms with Crippen molar-refractivity contribution in [1.29, 1.82) is 0 Å². The van der Waals surface area contributed by atoms with Crippen molar-refractivity contribution < 1.29 is 9.90 Å². The van der Waals surface area contributed by atoms with Crippen molar-refractivity contribution in [1.82, 2.24) is 0 Å². The molecule has 0 heterocycles. The van der Waals surface area contributed by atoms with Gasteiger partial charge in [0.05, 0.1) is 0 Å². The molecular formula is C12H20O2. The van der Waals surface area contributed by atoms with Gasteiger partial charge in [0.15, 0.2) is 0 Å². The van der Waals surface area contributed by atoms with Gasteiger partial charge in [-0.3, -0.25) is 0 Å². The van der Waals surface area contributed by atoms with E-state index in [4.69, 9.17) is 5.11 Å². The van der Waals surface area contributed by atoms with E-state index >= 15 is 0 Å². The van der Waals surface area contributed by atoms with Crippen LogP contribution in [0, 0.1) is 11.8 Å². The molecule has 0 aromatic carbocycles. The average Bonchev–Trinajstić information content (AvgIpc) is 2.28. The minimum Gasteiger partial charge on any atom is -0.478 e. The van der Waals surface area contributed by atoms with Crippen LogP contribution in [0.3, 0.4) is 0 Å². The molecule has 0 saturated heterocycles. The monoisotopic (exact) mass is 196 g/mol. The molecule has 0 spiro atoms. The zero-order chi connectivity index (χ0) is 10.6. The standard InChI is InChI=1S/C12H20O2/c1-9(2)11-5-3-4-10(6-7-11)8-12(13)14/h8-9,11H,3-7H2,1-2H3,(H,13,14). The number of carboxylic acids is 1. The maximum Gasteiger partial charge on any atom is 0.328 e. The maximum absolute atomic E-state index is 10.5. The minimum atomic E-state index is -0.789. The number of allylic oxidation sites excluding steroid dienone is 1. The summed E-state index contributed by atoms with van der Waals surface area (Å²) < 4.78 is 0. The van der Waals surface area contributed by atoms with Gasteiger partial charge in [-0.05, 0) is 43.9 Å². The van der Waals surface area contributed by atoms with Crippen LogP contribution in [0.1, 0.15) is 46.0 Å². The summed E-state index contributed by atoms with van der Waals surface area (Å²) in [7, 11) is 0. The largest absolute Gasteiger partial charge is 0.478 e. The van der Waals surface area contributed by atoms with Crippen molar-refractivity contribution in [3.8, 4) is 0 Å². The minimum absolute atomic E-state index is 0.735. The lowest BCUT2D eigenvalue weighted by atomic mass is 9.89. The molecule has 1 rings (SSSR count). The van der Waals surface area contributed by atoms with Crippen molar-refractivity contribution in [2.24, 2.45) is 11.8 Å². The third kappa shape index (κ3) is 3.52. The molecule has 1 fully saturated rings. The Balaban J connectivity index is 2.52. The molecule has 0 amide bonds. The van der Waals surface area contributed by atoms with E-state index in [9.17, 15) is 4.79 Å². The number of hydrogen-bond acceptors (Lipinski definition) is 1. The average molecular weight is 196 g/mol. The molecular weight excluding hydrogens is 176 g/mol. The van der Waals surface area contributed by atoms with E-state index < -0.39 is 5.97 Å². The third-order valence-electron chi connectivity index (χ3n) is 3.18. The summed E-state index contributed by atoms with van der Waals surface area (Å²) in [6.07, 6.45) is 6.95. The highest BCUT2D eigenvalue weighted by Gasteiger charge is 2.17. The van der Waals surface area contributed by atoms with E-state index in [-0.39, 0.29) is 0 Å². The molecule has 0 radical (unpaired) electrons. The number of hydrogen-bond donors (Lipinski definition) is 1. The fourth-order valence-electron chi connectivity index (χ4n) is 2.22. The first kappa shape index (κ1) is 11.3. The molecule has 1 atom stereocenters. The van der Waals surface area contributed by atoms with Gasteiger partial charge in [0.1, 0.15) is 0 Å². The highest BCUT2D eigenvalue weighted by molar-refractivity contribution is 5.80. The van der Waals surface area contributed by atoms with Gasteiger partial charge in [0.25, 0.3) is 0 Å². The lowest BCUT2D eigenvalue weighted by Crippen LogP contribution is -2.06. The van der Waals surface area contributed by atoms with Crippen LogP contribution >= 0.6 is 0 Å². The molecule has 0 aliphatic heterocycles. The molecule has 0 bridgehead atoms. The van der Waals surface area contributed by atoms with Crippen molar-refractivity contribution in [3.05, 3.63) is 11.6 Å². The van der Waals surface area contributed by atoms with Crippen LogP contribution in [-0.4, -0.2) is 11.1 Å². The van der Waals surface area contributed by atoms with Crippen LogP contribution in [0.25, 0.3) is 0 Å². The summed E-state index contributed by atoms with van der Waals surface area (Å²) in [6, 6.07) is 0. The lowest BCUT2D eigenvalue weighted by Gasteiger charge is -2.17. The van der Waals surface area contributed by atoms with Gasteiger partial charge in [-0.1, -0.05) is 19.4 Å². The first-order chi connectivity index (χ1) is 6.59. The Kier molecular flexibility index (Phi) is 4.18. The van der Waals surface area contributed by atoms with Gasteiger partial charge >= 0.3 is 5.97 Å². The Morgan fingerprint density at radius 1 is 1.43 bits per heavy atom. The molecule has 1 aliphatic carbocycles. The Morgan fingerprint density at radius 3 is 2.71 bits per heavy atom. The van der Waals surface area contributed by atoms with Gasteiger partial charge in [-0.2, -0.15) is 0 Å². The van der Waals surface area contributed by atoms with Gasteiger partial charge in [-0.25, -0.2) is 4.79 Å². The molecule has 0 aromatic heterocycles. The highest BCUT2D eigenvalue weighted by Crippen LogP contribution is 2.31. The molecule has 1 unspecified atom stereocenters. The van der Waals surface area contributed by atoms with Crippen molar-refractivity contribution in [2.75, 3.05) is 0 Å². The molecule has 80 valence electrons. The maximum atomic E-state index is 10.5. The first-order valence-electron chi connectivity index (χ1n) is 5.52. The summed E-state index contributed by atoms with van der Waals surface area (Å²) >= 11 is 0. The molecule has 1 aliphatic rings. The molecule has 1 saturated carbocycles. The van der Waals surface area contributed by atoms with Crippen LogP contribution in [0.15, 0.2) is 11.6 Å². The highest BCUT2D eigenvalue weighted by atomic mass is 16.4. The lowest BCUT2D eigenvalue weighted by molar-refractivity contribution is -0.131. The van der Waals surface area contributed by atoms with Crippen molar-refractivity contribution >= 4 is 5.97 Å². The second-order valence-electron chi connectivity index (χ2n) is 4.58. The molecule has 2 nitrogen and oxygen atoms in total. The van der Waals surface area contributed by atoms with Crippen LogP contribution in [0.4, 0.5) is 0 Å². The quantitative estimate of drug-likeness (QED) is 0.544. The summed E-state index contributed by atoms with van der Waals surface area (Å²) in [5, 5.41) is 8.66. The summed E-state index contributed by atoms with van der Waals surface area (Å²) in [6.45, 7) is 4.52. The zero-order valence-electron chi connectivity index (χ0n) is 9.12. The Hall–Kier alpha value is -0.790. The fraction of sp³-hybridized carbons (Fsp3) is 0.750. The molecule has 0 aromatic rings. The van der Waals surface area contributed by atoms with Crippen molar-refractivity contribution in [2.45, 2.75) is 46.0 Å². The van der Waals surface area contributed by atoms with Gasteiger partial charge in [-0.15, -0.1) is 0 Å². The molecule has 2 heteroatoms. The van der Waals surface area contributed by atoms with Crippen LogP contribution < -0.4 is 0 Å². The predicted molar refractivity (Wildman–Crippen MR) is 57.1 cm³/mol. The van der Waals surface area contributed by atoms with Crippen LogP contribution in [-0.2, 0) is 4.79 Å². The third-order valence-corrected chi connectivity index (χ3v) is 3.18. The zero-order valence-corrected chi connectivity index (χ0v) is 9.12. The van der Waals surface area contributed by atoms with E-state index in [0.717, 1.165) is 43.1 Å². The second-order valence-corrected chi connectivity index (χ2v) is 4.58.